The Kier molecular flexibility index (Phi) is 3.94. The topological polar surface area (TPSA) is 86.8 Å². The number of nitrogens with zero attached hydrogens (tertiary/aromatic N) is 4. The molecule has 0 spiro atoms. The molecule has 0 fully saturated rings. The first-order chi connectivity index (χ1) is 9.17. The van der Waals surface area contributed by atoms with Gasteiger partial charge in [-0.1, -0.05) is 0 Å². The van der Waals surface area contributed by atoms with Crippen molar-refractivity contribution in [3.8, 4) is 0 Å². The predicted molar refractivity (Wildman–Crippen MR) is 72.7 cm³/mol. The van der Waals surface area contributed by atoms with Gasteiger partial charge >= 0.3 is 0 Å². The summed E-state index contributed by atoms with van der Waals surface area (Å²) < 4.78 is 0. The fourth-order valence-corrected chi connectivity index (χ4v) is 1.95. The van der Waals surface area contributed by atoms with E-state index in [1.54, 1.807) is 11.2 Å². The normalized spacial score (nSPS) is 12.4. The molecule has 7 heteroatoms. The van der Waals surface area contributed by atoms with Crippen molar-refractivity contribution in [3.05, 3.63) is 12.7 Å². The highest BCUT2D eigenvalue weighted by atomic mass is 16.2. The molecule has 0 aromatic carbocycles. The van der Waals surface area contributed by atoms with Gasteiger partial charge in [0.2, 0.25) is 5.91 Å². The van der Waals surface area contributed by atoms with E-state index in [1.165, 1.54) is 6.33 Å². The van der Waals surface area contributed by atoms with E-state index in [0.29, 0.717) is 30.1 Å². The van der Waals surface area contributed by atoms with Gasteiger partial charge in [-0.15, -0.1) is 0 Å². The zero-order valence-corrected chi connectivity index (χ0v) is 11.3. The van der Waals surface area contributed by atoms with E-state index in [0.717, 1.165) is 0 Å². The maximum atomic E-state index is 12.2. The van der Waals surface area contributed by atoms with Crippen molar-refractivity contribution in [3.63, 3.8) is 0 Å². The minimum absolute atomic E-state index is 0.0521. The zero-order valence-electron chi connectivity index (χ0n) is 11.3. The first-order valence-electron chi connectivity index (χ1n) is 6.36. The highest BCUT2D eigenvalue weighted by Gasteiger charge is 2.19. The Morgan fingerprint density at radius 3 is 2.79 bits per heavy atom. The lowest BCUT2D eigenvalue weighted by Gasteiger charge is -2.23. The third-order valence-electron chi connectivity index (χ3n) is 3.02. The second-order valence-corrected chi connectivity index (χ2v) is 4.20. The molecular weight excluding hydrogens is 244 g/mol. The smallest absolute Gasteiger partial charge is 0.244 e. The molecule has 2 heterocycles. The molecule has 0 aliphatic rings. The molecule has 19 heavy (non-hydrogen) atoms. The van der Waals surface area contributed by atoms with Gasteiger partial charge in [0.15, 0.2) is 11.5 Å². The van der Waals surface area contributed by atoms with Gasteiger partial charge in [0.25, 0.3) is 0 Å². The van der Waals surface area contributed by atoms with Crippen LogP contribution >= 0.6 is 0 Å². The predicted octanol–water partition coefficient (Wildman–Crippen LogP) is 1.02. The number of carbonyl (C=O) groups is 1. The monoisotopic (exact) mass is 262 g/mol. The summed E-state index contributed by atoms with van der Waals surface area (Å²) in [6.07, 6.45) is 2.99. The van der Waals surface area contributed by atoms with Crippen LogP contribution in [0.1, 0.15) is 20.8 Å². The quantitative estimate of drug-likeness (QED) is 0.840. The molecule has 0 radical (unpaired) electrons. The summed E-state index contributed by atoms with van der Waals surface area (Å²) in [5, 5.41) is 3.11. The Morgan fingerprint density at radius 2 is 2.11 bits per heavy atom. The van der Waals surface area contributed by atoms with E-state index >= 15 is 0 Å². The summed E-state index contributed by atoms with van der Waals surface area (Å²) in [6, 6.07) is -0.346. The molecule has 2 rings (SSSR count). The average molecular weight is 262 g/mol. The lowest BCUT2D eigenvalue weighted by atomic mass is 10.2. The van der Waals surface area contributed by atoms with Crippen LogP contribution in [0.4, 0.5) is 5.82 Å². The maximum Gasteiger partial charge on any atom is 0.244 e. The highest BCUT2D eigenvalue weighted by Crippen LogP contribution is 2.15. The van der Waals surface area contributed by atoms with Gasteiger partial charge < -0.3 is 15.2 Å². The minimum Gasteiger partial charge on any atom is -0.357 e. The maximum absolute atomic E-state index is 12.2. The van der Waals surface area contributed by atoms with Crippen LogP contribution in [-0.4, -0.2) is 49.9 Å². The Hall–Kier alpha value is -2.18. The van der Waals surface area contributed by atoms with Gasteiger partial charge in [0.05, 0.1) is 6.33 Å². The van der Waals surface area contributed by atoms with E-state index in [1.807, 2.05) is 20.8 Å². The molecule has 2 N–H and O–H groups in total. The highest BCUT2D eigenvalue weighted by molar-refractivity contribution is 5.88. The molecule has 0 bridgehead atoms. The molecule has 0 saturated heterocycles. The molecule has 0 saturated carbocycles. The van der Waals surface area contributed by atoms with E-state index in [-0.39, 0.29) is 11.9 Å². The number of carbonyl (C=O) groups excluding carboxylic acids is 1. The SMILES string of the molecule is CCN(CC)C(=O)C(C)Nc1ncnc2nc[nH]c12. The van der Waals surface area contributed by atoms with Crippen molar-refractivity contribution in [1.29, 1.82) is 0 Å². The second kappa shape index (κ2) is 5.64. The van der Waals surface area contributed by atoms with Crippen LogP contribution in [0, 0.1) is 0 Å². The number of amides is 1. The number of hydrogen-bond acceptors (Lipinski definition) is 5. The number of aromatic amines is 1. The van der Waals surface area contributed by atoms with Crippen LogP contribution in [0.5, 0.6) is 0 Å². The largest absolute Gasteiger partial charge is 0.357 e. The summed E-state index contributed by atoms with van der Waals surface area (Å²) >= 11 is 0. The lowest BCUT2D eigenvalue weighted by molar-refractivity contribution is -0.131. The van der Waals surface area contributed by atoms with Gasteiger partial charge in [-0.05, 0) is 20.8 Å². The molecule has 2 aromatic heterocycles. The zero-order chi connectivity index (χ0) is 13.8. The van der Waals surface area contributed by atoms with Gasteiger partial charge in [-0.2, -0.15) is 0 Å². The van der Waals surface area contributed by atoms with E-state index in [2.05, 4.69) is 25.3 Å². The van der Waals surface area contributed by atoms with Crippen molar-refractivity contribution in [2.75, 3.05) is 18.4 Å². The summed E-state index contributed by atoms with van der Waals surface area (Å²) in [7, 11) is 0. The number of aromatic nitrogens is 4. The Balaban J connectivity index is 2.16. The number of anilines is 1. The van der Waals surface area contributed by atoms with E-state index in [9.17, 15) is 4.79 Å². The number of fused-ring (bicyclic) bond motifs is 1. The number of imidazole rings is 1. The number of H-pyrrole nitrogens is 1. The van der Waals surface area contributed by atoms with Gasteiger partial charge in [-0.25, -0.2) is 15.0 Å². The van der Waals surface area contributed by atoms with Crippen molar-refractivity contribution in [1.82, 2.24) is 24.8 Å². The van der Waals surface area contributed by atoms with Crippen molar-refractivity contribution >= 4 is 22.9 Å². The van der Waals surface area contributed by atoms with Gasteiger partial charge in [-0.3, -0.25) is 4.79 Å². The average Bonchev–Trinajstić information content (AvgIpc) is 2.89. The van der Waals surface area contributed by atoms with Crippen LogP contribution in [0.2, 0.25) is 0 Å². The molecule has 0 aliphatic heterocycles. The molecule has 1 atom stereocenters. The molecule has 1 amide bonds. The molecule has 7 nitrogen and oxygen atoms in total. The van der Waals surface area contributed by atoms with Gasteiger partial charge in [0.1, 0.15) is 17.9 Å². The van der Waals surface area contributed by atoms with Crippen LogP contribution in [0.15, 0.2) is 12.7 Å². The third kappa shape index (κ3) is 2.64. The number of rotatable bonds is 5. The second-order valence-electron chi connectivity index (χ2n) is 4.20. The molecule has 2 aromatic rings. The first-order valence-corrected chi connectivity index (χ1v) is 6.36. The van der Waals surface area contributed by atoms with Crippen LogP contribution in [0.3, 0.4) is 0 Å². The standard InChI is InChI=1S/C12H18N6O/c1-4-18(5-2)12(19)8(3)17-11-9-10(14-6-13-9)15-7-16-11/h6-8H,4-5H2,1-3H3,(H2,13,14,15,16,17). The fraction of sp³-hybridized carbons (Fsp3) is 0.500. The van der Waals surface area contributed by atoms with E-state index in [4.69, 9.17) is 0 Å². The summed E-state index contributed by atoms with van der Waals surface area (Å²) in [4.78, 5) is 29.2. The van der Waals surface area contributed by atoms with E-state index < -0.39 is 0 Å². The Bertz CT molecular complexity index is 562. The number of nitrogens with one attached hydrogen (secondary N) is 2. The Labute approximate surface area is 111 Å². The van der Waals surface area contributed by atoms with Crippen LogP contribution < -0.4 is 5.32 Å². The number of hydrogen-bond donors (Lipinski definition) is 2. The van der Waals surface area contributed by atoms with Crippen LogP contribution in [-0.2, 0) is 4.79 Å². The van der Waals surface area contributed by atoms with Gasteiger partial charge in [0, 0.05) is 13.1 Å². The first kappa shape index (κ1) is 13.3. The Morgan fingerprint density at radius 1 is 1.37 bits per heavy atom. The molecular formula is C12H18N6O. The molecule has 1 unspecified atom stereocenters. The fourth-order valence-electron chi connectivity index (χ4n) is 1.95. The van der Waals surface area contributed by atoms with Crippen molar-refractivity contribution < 1.29 is 4.79 Å². The lowest BCUT2D eigenvalue weighted by Crippen LogP contribution is -2.41. The molecule has 102 valence electrons. The van der Waals surface area contributed by atoms with Crippen LogP contribution in [0.25, 0.3) is 11.2 Å². The van der Waals surface area contributed by atoms with Crippen molar-refractivity contribution in [2.45, 2.75) is 26.8 Å². The molecule has 0 aliphatic carbocycles. The number of likely N-dealkylation sites (N-methyl/N-ethyl adjacent to an activating group) is 1. The summed E-state index contributed by atoms with van der Waals surface area (Å²) in [5.41, 5.74) is 1.29. The summed E-state index contributed by atoms with van der Waals surface area (Å²) in [6.45, 7) is 7.15. The van der Waals surface area contributed by atoms with Crippen molar-refractivity contribution in [2.24, 2.45) is 0 Å². The third-order valence-corrected chi connectivity index (χ3v) is 3.02. The summed E-state index contributed by atoms with van der Waals surface area (Å²) in [5.74, 6) is 0.645. The minimum atomic E-state index is -0.346.